The van der Waals surface area contributed by atoms with Crippen LogP contribution in [0.4, 0.5) is 6.01 Å². The zero-order chi connectivity index (χ0) is 28.9. The number of carboxylic acid groups (broad SMARTS) is 1. The summed E-state index contributed by atoms with van der Waals surface area (Å²) in [6.07, 6.45) is 3.28. The summed E-state index contributed by atoms with van der Waals surface area (Å²) in [7, 11) is 6.43. The molecule has 0 spiro atoms. The number of anilines is 1. The zero-order valence-electron chi connectivity index (χ0n) is 23.4. The number of rotatable bonds is 11. The minimum absolute atomic E-state index is 0.125. The number of aliphatic carboxylic acids is 1. The summed E-state index contributed by atoms with van der Waals surface area (Å²) in [5, 5.41) is 11.5. The SMILES string of the molecule is COc1ccc(CN(Cc2ccc(OC)cc2OC)c2nc3cncc(C4CCOC(C(=O)[O-])C4)c3o2)c(OC)c1. The topological polar surface area (TPSA) is 128 Å². The third-order valence-corrected chi connectivity index (χ3v) is 7.28. The van der Waals surface area contributed by atoms with Gasteiger partial charge >= 0.3 is 0 Å². The summed E-state index contributed by atoms with van der Waals surface area (Å²) >= 11 is 0. The van der Waals surface area contributed by atoms with Crippen LogP contribution in [0.3, 0.4) is 0 Å². The maximum absolute atomic E-state index is 11.5. The minimum Gasteiger partial charge on any atom is -0.547 e. The lowest BCUT2D eigenvalue weighted by Crippen LogP contribution is -2.41. The summed E-state index contributed by atoms with van der Waals surface area (Å²) < 4.78 is 33.9. The molecule has 4 aromatic rings. The van der Waals surface area contributed by atoms with Crippen LogP contribution in [0.5, 0.6) is 23.0 Å². The number of hydrogen-bond donors (Lipinski definition) is 0. The first-order valence-corrected chi connectivity index (χ1v) is 13.2. The minimum atomic E-state index is -1.22. The van der Waals surface area contributed by atoms with Crippen molar-refractivity contribution in [2.24, 2.45) is 0 Å². The summed E-state index contributed by atoms with van der Waals surface area (Å²) in [6.45, 7) is 1.09. The van der Waals surface area contributed by atoms with Crippen LogP contribution < -0.4 is 29.0 Å². The number of carbonyl (C=O) groups excluding carboxylic acids is 1. The zero-order valence-corrected chi connectivity index (χ0v) is 23.4. The highest BCUT2D eigenvalue weighted by molar-refractivity contribution is 5.78. The van der Waals surface area contributed by atoms with E-state index >= 15 is 0 Å². The molecule has 0 N–H and O–H groups in total. The fourth-order valence-corrected chi connectivity index (χ4v) is 5.10. The highest BCUT2D eigenvalue weighted by Crippen LogP contribution is 2.37. The highest BCUT2D eigenvalue weighted by Gasteiger charge is 2.28. The average molecular weight is 563 g/mol. The number of pyridine rings is 1. The van der Waals surface area contributed by atoms with E-state index in [9.17, 15) is 9.90 Å². The number of methoxy groups -OCH3 is 4. The normalized spacial score (nSPS) is 16.8. The van der Waals surface area contributed by atoms with Gasteiger partial charge in [0.1, 0.15) is 28.5 Å². The number of ether oxygens (including phenoxy) is 5. The molecule has 1 aliphatic rings. The second kappa shape index (κ2) is 12.3. The number of carboxylic acids is 1. The molecule has 0 saturated carbocycles. The molecule has 2 atom stereocenters. The van der Waals surface area contributed by atoms with Crippen LogP contribution >= 0.6 is 0 Å². The van der Waals surface area contributed by atoms with Gasteiger partial charge in [-0.1, -0.05) is 0 Å². The van der Waals surface area contributed by atoms with Crippen LogP contribution in [0.2, 0.25) is 0 Å². The monoisotopic (exact) mass is 562 g/mol. The quantitative estimate of drug-likeness (QED) is 0.266. The largest absolute Gasteiger partial charge is 0.547 e. The molecule has 11 nitrogen and oxygen atoms in total. The number of aromatic nitrogens is 2. The highest BCUT2D eigenvalue weighted by atomic mass is 16.5. The van der Waals surface area contributed by atoms with E-state index in [1.165, 1.54) is 0 Å². The third-order valence-electron chi connectivity index (χ3n) is 7.28. The number of benzene rings is 2. The van der Waals surface area contributed by atoms with Gasteiger partial charge in [-0.05, 0) is 43.0 Å². The Morgan fingerprint density at radius 3 is 2.15 bits per heavy atom. The Kier molecular flexibility index (Phi) is 8.44. The van der Waals surface area contributed by atoms with Crippen molar-refractivity contribution in [2.45, 2.75) is 38.0 Å². The van der Waals surface area contributed by atoms with Gasteiger partial charge in [0.25, 0.3) is 6.01 Å². The Hall–Kier alpha value is -4.51. The molecule has 1 saturated heterocycles. The van der Waals surface area contributed by atoms with Crippen LogP contribution in [0.15, 0.2) is 53.2 Å². The van der Waals surface area contributed by atoms with Gasteiger partial charge < -0.3 is 42.9 Å². The van der Waals surface area contributed by atoms with Crippen molar-refractivity contribution in [1.82, 2.24) is 9.97 Å². The number of hydrogen-bond acceptors (Lipinski definition) is 11. The van der Waals surface area contributed by atoms with Gasteiger partial charge in [-0.2, -0.15) is 4.98 Å². The van der Waals surface area contributed by atoms with E-state index in [1.807, 2.05) is 41.3 Å². The van der Waals surface area contributed by atoms with Crippen molar-refractivity contribution in [1.29, 1.82) is 0 Å². The number of nitrogens with zero attached hydrogens (tertiary/aromatic N) is 3. The van der Waals surface area contributed by atoms with Crippen LogP contribution in [-0.4, -0.2) is 57.1 Å². The van der Waals surface area contributed by atoms with E-state index in [4.69, 9.17) is 33.1 Å². The lowest BCUT2D eigenvalue weighted by Gasteiger charge is -2.30. The summed E-state index contributed by atoms with van der Waals surface area (Å²) in [5.74, 6) is 1.33. The lowest BCUT2D eigenvalue weighted by molar-refractivity contribution is -0.318. The van der Waals surface area contributed by atoms with Crippen molar-refractivity contribution in [3.8, 4) is 23.0 Å². The lowest BCUT2D eigenvalue weighted by atomic mass is 9.89. The molecule has 0 aliphatic carbocycles. The van der Waals surface area contributed by atoms with Gasteiger partial charge in [0.05, 0.1) is 59.8 Å². The molecule has 216 valence electrons. The Morgan fingerprint density at radius 1 is 0.951 bits per heavy atom. The number of carbonyl (C=O) groups is 1. The van der Waals surface area contributed by atoms with Crippen molar-refractivity contribution >= 4 is 23.1 Å². The van der Waals surface area contributed by atoms with Crippen molar-refractivity contribution in [2.75, 3.05) is 39.9 Å². The second-order valence-electron chi connectivity index (χ2n) is 9.68. The number of oxazole rings is 1. The predicted octanol–water partition coefficient (Wildman–Crippen LogP) is 3.48. The Labute approximate surface area is 237 Å². The van der Waals surface area contributed by atoms with E-state index in [1.54, 1.807) is 40.8 Å². The maximum atomic E-state index is 11.5. The van der Waals surface area contributed by atoms with Gasteiger partial charge in [0, 0.05) is 41.6 Å². The fourth-order valence-electron chi connectivity index (χ4n) is 5.10. The Morgan fingerprint density at radius 2 is 1.59 bits per heavy atom. The van der Waals surface area contributed by atoms with Gasteiger partial charge in [0.15, 0.2) is 5.58 Å². The molecule has 2 aromatic heterocycles. The van der Waals surface area contributed by atoms with E-state index in [-0.39, 0.29) is 12.3 Å². The molecule has 0 radical (unpaired) electrons. The molecule has 1 fully saturated rings. The standard InChI is InChI=1S/C30H33N3O8/c1-36-21-7-5-19(25(12-21)38-3)16-33(17-20-6-8-22(37-2)13-26(20)39-4)30-32-24-15-31-14-23(28(24)41-30)18-9-10-40-27(11-18)29(34)35/h5-8,12-15,18,27H,9-11,16-17H2,1-4H3,(H,34,35)/p-1. The second-order valence-corrected chi connectivity index (χ2v) is 9.68. The van der Waals surface area contributed by atoms with Gasteiger partial charge in [-0.3, -0.25) is 4.98 Å². The third kappa shape index (κ3) is 5.99. The molecule has 1 aliphatic heterocycles. The predicted molar refractivity (Wildman–Crippen MR) is 148 cm³/mol. The molecule has 41 heavy (non-hydrogen) atoms. The smallest absolute Gasteiger partial charge is 0.299 e. The van der Waals surface area contributed by atoms with E-state index in [0.29, 0.717) is 66.2 Å². The molecule has 0 bridgehead atoms. The molecular formula is C30H32N3O8-. The summed E-state index contributed by atoms with van der Waals surface area (Å²) in [5.41, 5.74) is 3.71. The van der Waals surface area contributed by atoms with E-state index in [0.717, 1.165) is 16.7 Å². The van der Waals surface area contributed by atoms with Crippen LogP contribution in [-0.2, 0) is 22.6 Å². The number of fused-ring (bicyclic) bond motifs is 1. The first-order chi connectivity index (χ1) is 19.9. The first kappa shape index (κ1) is 28.0. The van der Waals surface area contributed by atoms with Gasteiger partial charge in [0.2, 0.25) is 0 Å². The Bertz CT molecular complexity index is 1460. The fraction of sp³-hybridized carbons (Fsp3) is 0.367. The van der Waals surface area contributed by atoms with Gasteiger partial charge in [-0.15, -0.1) is 0 Å². The van der Waals surface area contributed by atoms with Crippen molar-refractivity contribution in [3.63, 3.8) is 0 Å². The molecule has 2 unspecified atom stereocenters. The molecule has 11 heteroatoms. The van der Waals surface area contributed by atoms with Crippen LogP contribution in [0.25, 0.3) is 11.1 Å². The average Bonchev–Trinajstić information content (AvgIpc) is 3.45. The maximum Gasteiger partial charge on any atom is 0.299 e. The van der Waals surface area contributed by atoms with Crippen LogP contribution in [0.1, 0.15) is 35.4 Å². The van der Waals surface area contributed by atoms with Crippen molar-refractivity contribution in [3.05, 3.63) is 65.5 Å². The molecule has 3 heterocycles. The summed E-state index contributed by atoms with van der Waals surface area (Å²) in [6, 6.07) is 11.6. The molecule has 0 amide bonds. The molecular weight excluding hydrogens is 530 g/mol. The van der Waals surface area contributed by atoms with E-state index in [2.05, 4.69) is 4.98 Å². The molecule has 2 aromatic carbocycles. The first-order valence-electron chi connectivity index (χ1n) is 13.2. The summed E-state index contributed by atoms with van der Waals surface area (Å²) in [4.78, 5) is 22.6. The van der Waals surface area contributed by atoms with Crippen LogP contribution in [0, 0.1) is 0 Å². The molecule has 5 rings (SSSR count). The van der Waals surface area contributed by atoms with Gasteiger partial charge in [-0.25, -0.2) is 0 Å². The van der Waals surface area contributed by atoms with E-state index < -0.39 is 12.1 Å². The Balaban J connectivity index is 1.55. The van der Waals surface area contributed by atoms with Crippen molar-refractivity contribution < 1.29 is 38.0 Å².